The molecule has 0 rings (SSSR count). The van der Waals surface area contributed by atoms with Crippen molar-refractivity contribution < 1.29 is 38.2 Å². The van der Waals surface area contributed by atoms with E-state index < -0.39 is 18.1 Å². The summed E-state index contributed by atoms with van der Waals surface area (Å²) in [5.41, 5.74) is 0. The van der Waals surface area contributed by atoms with Gasteiger partial charge in [-0.15, -0.1) is 0 Å². The van der Waals surface area contributed by atoms with Crippen LogP contribution in [-0.2, 0) is 28.6 Å². The van der Waals surface area contributed by atoms with Crippen LogP contribution >= 0.6 is 0 Å². The van der Waals surface area contributed by atoms with E-state index in [-0.39, 0.29) is 42.7 Å². The van der Waals surface area contributed by atoms with Crippen molar-refractivity contribution >= 4 is 17.9 Å². The molecule has 0 spiro atoms. The average Bonchev–Trinajstić information content (AvgIpc) is 3.09. The molecule has 0 fully saturated rings. The molecule has 8 nitrogen and oxygen atoms in total. The number of likely N-dealkylation sites (N-methyl/N-ethyl adjacent to an activating group) is 1. The van der Waals surface area contributed by atoms with E-state index in [1.54, 1.807) is 21.1 Å². The number of carboxylic acids is 1. The van der Waals surface area contributed by atoms with E-state index in [0.717, 1.165) is 77.0 Å². The summed E-state index contributed by atoms with van der Waals surface area (Å²) in [6.45, 7) is 4.45. The molecule has 0 aliphatic rings. The Morgan fingerprint density at radius 2 is 1.10 bits per heavy atom. The van der Waals surface area contributed by atoms with Crippen LogP contribution in [0.3, 0.4) is 0 Å². The second kappa shape index (κ2) is 35.1. The van der Waals surface area contributed by atoms with Crippen LogP contribution in [-0.4, -0.2) is 75.5 Å². The molecular formula is C44H75NO7. The van der Waals surface area contributed by atoms with Crippen molar-refractivity contribution in [1.82, 2.24) is 0 Å². The van der Waals surface area contributed by atoms with Crippen LogP contribution in [0, 0.1) is 0 Å². The Morgan fingerprint density at radius 3 is 1.67 bits per heavy atom. The number of carboxylic acid groups (broad SMARTS) is 1. The summed E-state index contributed by atoms with van der Waals surface area (Å²) < 4.78 is 17.1. The van der Waals surface area contributed by atoms with Crippen molar-refractivity contribution in [2.24, 2.45) is 0 Å². The summed E-state index contributed by atoms with van der Waals surface area (Å²) in [6.07, 6.45) is 41.0. The Labute approximate surface area is 318 Å². The van der Waals surface area contributed by atoms with Crippen LogP contribution in [0.5, 0.6) is 0 Å². The number of esters is 2. The molecule has 298 valence electrons. The molecule has 0 N–H and O–H groups in total. The number of ether oxygens (including phenoxy) is 3. The summed E-state index contributed by atoms with van der Waals surface area (Å²) in [6, 6.07) is -0.733. The summed E-state index contributed by atoms with van der Waals surface area (Å²) in [5, 5.41) is 11.6. The molecule has 0 aromatic carbocycles. The van der Waals surface area contributed by atoms with Crippen LogP contribution in [0.25, 0.3) is 0 Å². The second-order valence-corrected chi connectivity index (χ2v) is 14.6. The highest BCUT2D eigenvalue weighted by Gasteiger charge is 2.25. The zero-order chi connectivity index (χ0) is 38.5. The topological polar surface area (TPSA) is 102 Å². The summed E-state index contributed by atoms with van der Waals surface area (Å²) in [5.74, 6) is -1.79. The van der Waals surface area contributed by atoms with Gasteiger partial charge in [0.25, 0.3) is 0 Å². The van der Waals surface area contributed by atoms with E-state index in [4.69, 9.17) is 14.2 Å². The van der Waals surface area contributed by atoms with Crippen molar-refractivity contribution in [1.29, 1.82) is 0 Å². The van der Waals surface area contributed by atoms with Crippen molar-refractivity contribution in [2.75, 3.05) is 41.0 Å². The van der Waals surface area contributed by atoms with Gasteiger partial charge < -0.3 is 28.6 Å². The van der Waals surface area contributed by atoms with E-state index in [9.17, 15) is 19.5 Å². The molecule has 0 aliphatic carbocycles. The number of rotatable bonds is 35. The number of aliphatic carboxylic acids is 1. The molecule has 0 saturated heterocycles. The van der Waals surface area contributed by atoms with Crippen molar-refractivity contribution in [3.8, 4) is 0 Å². The van der Waals surface area contributed by atoms with Crippen molar-refractivity contribution in [2.45, 2.75) is 161 Å². The Balaban J connectivity index is 4.47. The van der Waals surface area contributed by atoms with Gasteiger partial charge in [0.2, 0.25) is 0 Å². The third kappa shape index (κ3) is 32.9. The highest BCUT2D eigenvalue weighted by atomic mass is 16.6. The Bertz CT molecular complexity index is 1040. The van der Waals surface area contributed by atoms with E-state index in [1.165, 1.54) is 38.5 Å². The van der Waals surface area contributed by atoms with Gasteiger partial charge in [-0.2, -0.15) is 0 Å². The minimum atomic E-state index is -1.13. The Morgan fingerprint density at radius 1 is 0.596 bits per heavy atom. The fraction of sp³-hybridized carbons (Fsp3) is 0.705. The fourth-order valence-corrected chi connectivity index (χ4v) is 5.54. The first kappa shape index (κ1) is 49.0. The molecule has 2 atom stereocenters. The van der Waals surface area contributed by atoms with Gasteiger partial charge in [0.05, 0.1) is 40.3 Å². The third-order valence-electron chi connectivity index (χ3n) is 8.73. The molecule has 8 heteroatoms. The number of hydrogen-bond donors (Lipinski definition) is 0. The highest BCUT2D eigenvalue weighted by molar-refractivity contribution is 5.70. The smallest absolute Gasteiger partial charge is 0.306 e. The number of allylic oxidation sites excluding steroid dienone is 10. The van der Waals surface area contributed by atoms with Gasteiger partial charge in [-0.1, -0.05) is 132 Å². The molecular weight excluding hydrogens is 654 g/mol. The van der Waals surface area contributed by atoms with Crippen molar-refractivity contribution in [3.05, 3.63) is 60.8 Å². The lowest BCUT2D eigenvalue weighted by Gasteiger charge is -2.34. The molecule has 0 heterocycles. The predicted molar refractivity (Wildman–Crippen MR) is 212 cm³/mol. The van der Waals surface area contributed by atoms with Gasteiger partial charge >= 0.3 is 11.9 Å². The standard InChI is InChI=1S/C44H75NO7/c1-6-8-10-12-14-16-18-20-21-23-24-26-28-30-32-34-42(46)51-39-40(38-50-37-36-41(44(48)49)45(3,4)5)52-43(47)35-33-31-29-27-25-22-19-17-15-13-11-9-7-2/h8,10,12,14,16,18,20-22,25,40-41H,6-7,9,11,13,15,17,19,23-24,26-39H2,1-5H3/b10-8+,14-12+,18-16+,21-20+,25-22+. The number of unbranched alkanes of at least 4 members (excludes halogenated alkanes) is 14. The molecule has 0 aromatic heterocycles. The number of nitrogens with zero attached hydrogens (tertiary/aromatic N) is 1. The normalized spacial score (nSPS) is 13.6. The van der Waals surface area contributed by atoms with Gasteiger partial charge in [-0.25, -0.2) is 0 Å². The van der Waals surface area contributed by atoms with Crippen LogP contribution in [0.2, 0.25) is 0 Å². The van der Waals surface area contributed by atoms with Gasteiger partial charge in [0, 0.05) is 19.3 Å². The van der Waals surface area contributed by atoms with Gasteiger partial charge in [0.1, 0.15) is 12.6 Å². The van der Waals surface area contributed by atoms with Crippen LogP contribution in [0.15, 0.2) is 60.8 Å². The van der Waals surface area contributed by atoms with Gasteiger partial charge in [0.15, 0.2) is 6.10 Å². The van der Waals surface area contributed by atoms with E-state index in [2.05, 4.69) is 44.2 Å². The summed E-state index contributed by atoms with van der Waals surface area (Å²) in [4.78, 5) is 36.7. The van der Waals surface area contributed by atoms with Gasteiger partial charge in [-0.3, -0.25) is 9.59 Å². The lowest BCUT2D eigenvalue weighted by atomic mass is 10.1. The molecule has 0 aromatic rings. The minimum Gasteiger partial charge on any atom is -0.544 e. The summed E-state index contributed by atoms with van der Waals surface area (Å²) in [7, 11) is 5.38. The zero-order valence-corrected chi connectivity index (χ0v) is 33.7. The Hall–Kier alpha value is -2.97. The largest absolute Gasteiger partial charge is 0.544 e. The lowest BCUT2D eigenvalue weighted by molar-refractivity contribution is -0.889. The minimum absolute atomic E-state index is 0.0244. The predicted octanol–water partition coefficient (Wildman–Crippen LogP) is 9.30. The van der Waals surface area contributed by atoms with E-state index in [1.807, 2.05) is 30.4 Å². The molecule has 0 bridgehead atoms. The average molecular weight is 730 g/mol. The molecule has 0 amide bonds. The quantitative estimate of drug-likeness (QED) is 0.0211. The van der Waals surface area contributed by atoms with Gasteiger partial charge in [-0.05, 0) is 57.8 Å². The molecule has 2 unspecified atom stereocenters. The van der Waals surface area contributed by atoms with Crippen LogP contribution in [0.4, 0.5) is 0 Å². The zero-order valence-electron chi connectivity index (χ0n) is 33.7. The van der Waals surface area contributed by atoms with E-state index >= 15 is 0 Å². The first-order valence-electron chi connectivity index (χ1n) is 20.4. The third-order valence-corrected chi connectivity index (χ3v) is 8.73. The number of quaternary nitrogens is 1. The maximum absolute atomic E-state index is 12.7. The highest BCUT2D eigenvalue weighted by Crippen LogP contribution is 2.12. The monoisotopic (exact) mass is 730 g/mol. The SMILES string of the molecule is CC/C=C/C=C/C=C/C=C/CCCCCCCC(=O)OCC(COCCC(C(=O)[O-])[N+](C)(C)C)OC(=O)CCCCC/C=C/CCCCCCCC. The number of carbonyl (C=O) groups excluding carboxylic acids is 3. The molecule has 0 aliphatic heterocycles. The lowest BCUT2D eigenvalue weighted by Crippen LogP contribution is -2.55. The molecule has 0 radical (unpaired) electrons. The van der Waals surface area contributed by atoms with Crippen molar-refractivity contribution in [3.63, 3.8) is 0 Å². The first-order chi connectivity index (χ1) is 25.1. The first-order valence-corrected chi connectivity index (χ1v) is 20.4. The molecule has 52 heavy (non-hydrogen) atoms. The van der Waals surface area contributed by atoms with E-state index in [0.29, 0.717) is 12.8 Å². The molecule has 0 saturated carbocycles. The number of hydrogen-bond acceptors (Lipinski definition) is 7. The Kier molecular flexibility index (Phi) is 33.1. The fourth-order valence-electron chi connectivity index (χ4n) is 5.54. The van der Waals surface area contributed by atoms with Crippen LogP contribution in [0.1, 0.15) is 149 Å². The summed E-state index contributed by atoms with van der Waals surface area (Å²) >= 11 is 0. The maximum atomic E-state index is 12.7. The second-order valence-electron chi connectivity index (χ2n) is 14.6. The maximum Gasteiger partial charge on any atom is 0.306 e. The van der Waals surface area contributed by atoms with Crippen LogP contribution < -0.4 is 5.11 Å². The number of carbonyl (C=O) groups is 3.